The average molecular weight is 442 g/mol. The third-order valence-electron chi connectivity index (χ3n) is 6.91. The van der Waals surface area contributed by atoms with E-state index < -0.39 is 5.91 Å². The maximum Gasteiger partial charge on any atom is 0.317 e. The molecule has 1 aromatic carbocycles. The van der Waals surface area contributed by atoms with Gasteiger partial charge in [-0.3, -0.25) is 9.69 Å². The monoisotopic (exact) mass is 441 g/mol. The number of fused-ring (bicyclic) bond motifs is 1. The second-order valence-electron chi connectivity index (χ2n) is 9.38. The summed E-state index contributed by atoms with van der Waals surface area (Å²) in [5, 5.41) is 4.04. The SMILES string of the molecule is CN(C)C(=O)N[C@H]1CC[C@H](CCN2CCN(c3ccc4oc(C(N)=O)cc4c3)CC2)CC1. The minimum atomic E-state index is -0.539. The number of hydrogen-bond acceptors (Lipinski definition) is 5. The van der Waals surface area contributed by atoms with Crippen molar-refractivity contribution in [1.82, 2.24) is 15.1 Å². The number of rotatable bonds is 6. The number of carbonyl (C=O) groups is 2. The predicted octanol–water partition coefficient (Wildman–Crippen LogP) is 2.87. The molecule has 1 saturated carbocycles. The summed E-state index contributed by atoms with van der Waals surface area (Å²) >= 11 is 0. The van der Waals surface area contributed by atoms with Gasteiger partial charge in [-0.15, -0.1) is 0 Å². The van der Waals surface area contributed by atoms with Gasteiger partial charge in [0.15, 0.2) is 5.76 Å². The third kappa shape index (κ3) is 5.35. The van der Waals surface area contributed by atoms with Crippen LogP contribution in [-0.4, -0.2) is 74.6 Å². The van der Waals surface area contributed by atoms with Gasteiger partial charge in [-0.25, -0.2) is 4.79 Å². The minimum Gasteiger partial charge on any atom is -0.451 e. The van der Waals surface area contributed by atoms with Crippen molar-refractivity contribution in [3.63, 3.8) is 0 Å². The Bertz CT molecular complexity index is 940. The lowest BCUT2D eigenvalue weighted by Gasteiger charge is -2.37. The number of anilines is 1. The van der Waals surface area contributed by atoms with Crippen molar-refractivity contribution in [3.8, 4) is 0 Å². The molecule has 2 aliphatic rings. The fourth-order valence-corrected chi connectivity index (χ4v) is 4.84. The van der Waals surface area contributed by atoms with Crippen LogP contribution in [0, 0.1) is 5.92 Å². The molecule has 1 saturated heterocycles. The Labute approximate surface area is 189 Å². The molecule has 1 aliphatic carbocycles. The molecule has 2 heterocycles. The van der Waals surface area contributed by atoms with Crippen molar-refractivity contribution in [2.75, 3.05) is 51.7 Å². The van der Waals surface area contributed by atoms with Crippen LogP contribution >= 0.6 is 0 Å². The molecule has 2 fully saturated rings. The number of carbonyl (C=O) groups excluding carboxylic acids is 2. The van der Waals surface area contributed by atoms with Crippen LogP contribution < -0.4 is 16.0 Å². The summed E-state index contributed by atoms with van der Waals surface area (Å²) in [5.41, 5.74) is 7.18. The zero-order chi connectivity index (χ0) is 22.7. The number of amides is 3. The van der Waals surface area contributed by atoms with E-state index >= 15 is 0 Å². The maximum absolute atomic E-state index is 11.8. The van der Waals surface area contributed by atoms with E-state index in [0.717, 1.165) is 62.6 Å². The molecule has 0 atom stereocenters. The van der Waals surface area contributed by atoms with Gasteiger partial charge in [-0.05, 0) is 68.8 Å². The van der Waals surface area contributed by atoms with Crippen LogP contribution in [0.3, 0.4) is 0 Å². The second kappa shape index (κ2) is 9.81. The molecule has 0 bridgehead atoms. The number of piperazine rings is 1. The molecule has 0 unspecified atom stereocenters. The zero-order valence-corrected chi connectivity index (χ0v) is 19.2. The molecule has 8 nitrogen and oxygen atoms in total. The highest BCUT2D eigenvalue weighted by atomic mass is 16.3. The highest BCUT2D eigenvalue weighted by Gasteiger charge is 2.24. The summed E-state index contributed by atoms with van der Waals surface area (Å²) in [6.07, 6.45) is 5.83. The van der Waals surface area contributed by atoms with E-state index in [-0.39, 0.29) is 11.8 Å². The summed E-state index contributed by atoms with van der Waals surface area (Å²) in [6.45, 7) is 5.26. The predicted molar refractivity (Wildman–Crippen MR) is 126 cm³/mol. The van der Waals surface area contributed by atoms with Gasteiger partial charge < -0.3 is 25.3 Å². The van der Waals surface area contributed by atoms with Crippen LogP contribution in [0.15, 0.2) is 28.7 Å². The second-order valence-corrected chi connectivity index (χ2v) is 9.38. The summed E-state index contributed by atoms with van der Waals surface area (Å²) in [4.78, 5) is 29.7. The molecule has 174 valence electrons. The van der Waals surface area contributed by atoms with Gasteiger partial charge >= 0.3 is 6.03 Å². The van der Waals surface area contributed by atoms with Crippen LogP contribution in [-0.2, 0) is 0 Å². The van der Waals surface area contributed by atoms with Crippen molar-refractivity contribution < 1.29 is 14.0 Å². The topological polar surface area (TPSA) is 95.1 Å². The molecule has 3 amide bonds. The van der Waals surface area contributed by atoms with Crippen molar-refractivity contribution in [3.05, 3.63) is 30.0 Å². The van der Waals surface area contributed by atoms with Crippen LogP contribution in [0.5, 0.6) is 0 Å². The Hall–Kier alpha value is -2.74. The van der Waals surface area contributed by atoms with Crippen LogP contribution in [0.25, 0.3) is 11.0 Å². The minimum absolute atomic E-state index is 0.0200. The number of benzene rings is 1. The van der Waals surface area contributed by atoms with Gasteiger partial charge in [-0.2, -0.15) is 0 Å². The molecule has 0 radical (unpaired) electrons. The summed E-state index contributed by atoms with van der Waals surface area (Å²) in [5.74, 6) is 0.433. The van der Waals surface area contributed by atoms with Crippen molar-refractivity contribution in [2.24, 2.45) is 11.7 Å². The number of nitrogens with two attached hydrogens (primary N) is 1. The van der Waals surface area contributed by atoms with Crippen molar-refractivity contribution in [2.45, 2.75) is 38.1 Å². The first-order valence-electron chi connectivity index (χ1n) is 11.7. The molecule has 3 N–H and O–H groups in total. The Morgan fingerprint density at radius 1 is 1.09 bits per heavy atom. The molecule has 2 aromatic rings. The van der Waals surface area contributed by atoms with E-state index in [4.69, 9.17) is 10.2 Å². The number of hydrogen-bond donors (Lipinski definition) is 2. The summed E-state index contributed by atoms with van der Waals surface area (Å²) < 4.78 is 5.49. The van der Waals surface area contributed by atoms with Crippen LogP contribution in [0.1, 0.15) is 42.7 Å². The first-order chi connectivity index (χ1) is 15.4. The maximum atomic E-state index is 11.8. The number of nitrogens with zero attached hydrogens (tertiary/aromatic N) is 3. The Morgan fingerprint density at radius 3 is 2.47 bits per heavy atom. The van der Waals surface area contributed by atoms with Crippen LogP contribution in [0.4, 0.5) is 10.5 Å². The van der Waals surface area contributed by atoms with Gasteiger partial charge in [0.2, 0.25) is 0 Å². The number of nitrogens with one attached hydrogen (secondary N) is 1. The van der Waals surface area contributed by atoms with Gasteiger partial charge in [-0.1, -0.05) is 0 Å². The van der Waals surface area contributed by atoms with Crippen molar-refractivity contribution in [1.29, 1.82) is 0 Å². The highest BCUT2D eigenvalue weighted by molar-refractivity contribution is 5.95. The highest BCUT2D eigenvalue weighted by Crippen LogP contribution is 2.28. The fraction of sp³-hybridized carbons (Fsp3) is 0.583. The van der Waals surface area contributed by atoms with E-state index in [9.17, 15) is 9.59 Å². The molecule has 32 heavy (non-hydrogen) atoms. The third-order valence-corrected chi connectivity index (χ3v) is 6.91. The zero-order valence-electron chi connectivity index (χ0n) is 19.2. The lowest BCUT2D eigenvalue weighted by molar-refractivity contribution is 0.0976. The van der Waals surface area contributed by atoms with Gasteiger partial charge in [0.1, 0.15) is 5.58 Å². The van der Waals surface area contributed by atoms with Gasteiger partial charge in [0, 0.05) is 57.4 Å². The quantitative estimate of drug-likeness (QED) is 0.719. The fourth-order valence-electron chi connectivity index (χ4n) is 4.84. The number of urea groups is 1. The molecule has 1 aromatic heterocycles. The molecular weight excluding hydrogens is 406 g/mol. The average Bonchev–Trinajstić information content (AvgIpc) is 3.23. The molecule has 0 spiro atoms. The largest absolute Gasteiger partial charge is 0.451 e. The van der Waals surface area contributed by atoms with Crippen molar-refractivity contribution >= 4 is 28.6 Å². The van der Waals surface area contributed by atoms with E-state index in [1.807, 2.05) is 6.07 Å². The first kappa shape index (κ1) is 22.5. The Kier molecular flexibility index (Phi) is 6.89. The lowest BCUT2D eigenvalue weighted by Crippen LogP contribution is -2.47. The van der Waals surface area contributed by atoms with E-state index in [2.05, 4.69) is 27.2 Å². The Morgan fingerprint density at radius 2 is 1.81 bits per heavy atom. The molecule has 4 rings (SSSR count). The van der Waals surface area contributed by atoms with Gasteiger partial charge in [0.05, 0.1) is 0 Å². The molecule has 1 aliphatic heterocycles. The summed E-state index contributed by atoms with van der Waals surface area (Å²) in [6, 6.07) is 8.12. The standard InChI is InChI=1S/C24H35N5O3/c1-27(2)24(31)26-19-5-3-17(4-6-19)9-10-28-11-13-29(14-12-28)20-7-8-21-18(15-20)16-22(32-21)23(25)30/h7-8,15-17,19H,3-6,9-14H2,1-2H3,(H2,25,30)(H,26,31)/t17-,19-. The Balaban J connectivity index is 1.20. The van der Waals surface area contributed by atoms with Gasteiger partial charge in [0.25, 0.3) is 5.91 Å². The normalized spacial score (nSPS) is 22.1. The number of primary amides is 1. The summed E-state index contributed by atoms with van der Waals surface area (Å²) in [7, 11) is 3.58. The first-order valence-corrected chi connectivity index (χ1v) is 11.7. The molecular formula is C24H35N5O3. The van der Waals surface area contributed by atoms with E-state index in [1.54, 1.807) is 25.1 Å². The number of furan rings is 1. The van der Waals surface area contributed by atoms with E-state index in [1.165, 1.54) is 19.3 Å². The van der Waals surface area contributed by atoms with Crippen LogP contribution in [0.2, 0.25) is 0 Å². The smallest absolute Gasteiger partial charge is 0.317 e. The lowest BCUT2D eigenvalue weighted by atomic mass is 9.84. The van der Waals surface area contributed by atoms with E-state index in [0.29, 0.717) is 11.6 Å². The molecule has 8 heteroatoms.